The van der Waals surface area contributed by atoms with Crippen LogP contribution in [0.2, 0.25) is 0 Å². The predicted molar refractivity (Wildman–Crippen MR) is 117 cm³/mol. The monoisotopic (exact) mass is 509 g/mol. The number of halogens is 6. The zero-order valence-electron chi connectivity index (χ0n) is 19.0. The Morgan fingerprint density at radius 2 is 1.75 bits per heavy atom. The predicted octanol–water partition coefficient (Wildman–Crippen LogP) is 4.53. The largest absolute Gasteiger partial charge is 0.451 e. The van der Waals surface area contributed by atoms with Gasteiger partial charge in [0.15, 0.2) is 17.5 Å². The van der Waals surface area contributed by atoms with Crippen LogP contribution in [0.3, 0.4) is 0 Å². The summed E-state index contributed by atoms with van der Waals surface area (Å²) in [5, 5.41) is 9.85. The van der Waals surface area contributed by atoms with Crippen LogP contribution in [-0.2, 0) is 30.5 Å². The van der Waals surface area contributed by atoms with E-state index in [-0.39, 0.29) is 49.2 Å². The maximum Gasteiger partial charge on any atom is 0.451 e. The lowest BCUT2D eigenvalue weighted by Crippen LogP contribution is -2.39. The number of carbonyl (C=O) groups is 1. The van der Waals surface area contributed by atoms with E-state index in [0.717, 1.165) is 16.2 Å². The summed E-state index contributed by atoms with van der Waals surface area (Å²) in [6, 6.07) is 9.95. The number of rotatable bonds is 6. The number of amides is 1. The first-order valence-electron chi connectivity index (χ1n) is 11.0. The molecule has 0 spiro atoms. The topological polar surface area (TPSA) is 63.1 Å². The number of nitrogens with zero attached hydrogens (tertiary/aromatic N) is 4. The molecule has 0 unspecified atom stereocenters. The van der Waals surface area contributed by atoms with E-state index in [1.54, 1.807) is 6.92 Å². The van der Waals surface area contributed by atoms with E-state index in [4.69, 9.17) is 0 Å². The Balaban J connectivity index is 1.59. The van der Waals surface area contributed by atoms with Crippen molar-refractivity contribution in [2.75, 3.05) is 6.54 Å². The molecule has 0 saturated carbocycles. The zero-order chi connectivity index (χ0) is 26.0. The van der Waals surface area contributed by atoms with Gasteiger partial charge >= 0.3 is 6.18 Å². The fraction of sp³-hybridized carbons (Fsp3) is 0.292. The second kappa shape index (κ2) is 10.0. The molecule has 0 aliphatic carbocycles. The molecule has 0 fully saturated rings. The third-order valence-corrected chi connectivity index (χ3v) is 5.79. The Morgan fingerprint density at radius 1 is 1.06 bits per heavy atom. The van der Waals surface area contributed by atoms with Crippen molar-refractivity contribution in [3.05, 3.63) is 94.5 Å². The smallest absolute Gasteiger partial charge is 0.381 e. The number of benzene rings is 2. The number of allylic oxidation sites excluding steroid dienone is 1. The van der Waals surface area contributed by atoms with Gasteiger partial charge in [-0.15, -0.1) is 10.2 Å². The van der Waals surface area contributed by atoms with Crippen LogP contribution in [-0.4, -0.2) is 32.1 Å². The number of fused-ring (bicyclic) bond motifs is 1. The van der Waals surface area contributed by atoms with E-state index < -0.39 is 35.4 Å². The van der Waals surface area contributed by atoms with E-state index in [2.05, 4.69) is 15.5 Å². The van der Waals surface area contributed by atoms with Crippen LogP contribution in [0, 0.1) is 17.5 Å². The zero-order valence-corrected chi connectivity index (χ0v) is 19.0. The number of aromatic nitrogens is 3. The minimum atomic E-state index is -4.67. The van der Waals surface area contributed by atoms with Crippen LogP contribution < -0.4 is 5.32 Å². The van der Waals surface area contributed by atoms with E-state index in [1.165, 1.54) is 11.0 Å². The standard InChI is InChI=1S/C24H21F6N5O/c1-14(15-5-3-2-4-6-15)31-17(9-16-10-19(26)20(27)12-18(16)25)11-22(36)34-7-8-35-21(13-34)32-33-23(35)24(28,29)30/h2-6,10-12,14,31H,7-9,13H2,1H3/t14-/m1/s1. The molecule has 6 nitrogen and oxygen atoms in total. The lowest BCUT2D eigenvalue weighted by Gasteiger charge is -2.28. The third kappa shape index (κ3) is 5.52. The molecule has 0 radical (unpaired) electrons. The molecule has 1 atom stereocenters. The quantitative estimate of drug-likeness (QED) is 0.301. The molecule has 3 aromatic rings. The van der Waals surface area contributed by atoms with Gasteiger partial charge in [0.2, 0.25) is 11.7 Å². The van der Waals surface area contributed by atoms with Crippen molar-refractivity contribution in [2.24, 2.45) is 0 Å². The molecular weight excluding hydrogens is 488 g/mol. The molecule has 1 aliphatic heterocycles. The number of hydrogen-bond acceptors (Lipinski definition) is 4. The van der Waals surface area contributed by atoms with E-state index in [1.807, 2.05) is 30.3 Å². The number of carbonyl (C=O) groups excluding carboxylic acids is 1. The first-order chi connectivity index (χ1) is 17.0. The molecule has 1 aliphatic rings. The highest BCUT2D eigenvalue weighted by molar-refractivity contribution is 5.88. The fourth-order valence-corrected chi connectivity index (χ4v) is 3.95. The molecule has 2 aromatic carbocycles. The summed E-state index contributed by atoms with van der Waals surface area (Å²) in [5.74, 6) is -5.26. The van der Waals surface area contributed by atoms with E-state index in [9.17, 15) is 31.1 Å². The average Bonchev–Trinajstić information content (AvgIpc) is 3.27. The molecule has 1 amide bonds. The molecule has 12 heteroatoms. The maximum atomic E-state index is 14.3. The van der Waals surface area contributed by atoms with Crippen LogP contribution in [0.15, 0.2) is 54.2 Å². The van der Waals surface area contributed by atoms with Crippen molar-refractivity contribution < 1.29 is 31.1 Å². The fourth-order valence-electron chi connectivity index (χ4n) is 3.95. The molecule has 36 heavy (non-hydrogen) atoms. The van der Waals surface area contributed by atoms with Crippen molar-refractivity contribution in [1.29, 1.82) is 0 Å². The first kappa shape index (κ1) is 25.3. The van der Waals surface area contributed by atoms with Crippen LogP contribution in [0.1, 0.15) is 35.7 Å². The summed E-state index contributed by atoms with van der Waals surface area (Å²) >= 11 is 0. The second-order valence-electron chi connectivity index (χ2n) is 8.33. The lowest BCUT2D eigenvalue weighted by atomic mass is 10.0. The number of alkyl halides is 3. The minimum Gasteiger partial charge on any atom is -0.381 e. The van der Waals surface area contributed by atoms with Gasteiger partial charge in [0.25, 0.3) is 0 Å². The third-order valence-electron chi connectivity index (χ3n) is 5.79. The van der Waals surface area contributed by atoms with E-state index >= 15 is 0 Å². The Morgan fingerprint density at radius 3 is 2.44 bits per heavy atom. The van der Waals surface area contributed by atoms with Gasteiger partial charge in [0.05, 0.1) is 6.54 Å². The molecule has 2 heterocycles. The van der Waals surface area contributed by atoms with Crippen molar-refractivity contribution >= 4 is 5.91 Å². The van der Waals surface area contributed by atoms with Gasteiger partial charge in [0.1, 0.15) is 5.82 Å². The Hall–Kier alpha value is -3.83. The summed E-state index contributed by atoms with van der Waals surface area (Å²) in [7, 11) is 0. The van der Waals surface area contributed by atoms with Crippen LogP contribution in [0.25, 0.3) is 0 Å². The Kier molecular flexibility index (Phi) is 7.04. The summed E-state index contributed by atoms with van der Waals surface area (Å²) in [6.45, 7) is 1.40. The number of nitrogens with one attached hydrogen (secondary N) is 1. The highest BCUT2D eigenvalue weighted by Gasteiger charge is 2.39. The van der Waals surface area contributed by atoms with Gasteiger partial charge < -0.3 is 14.8 Å². The summed E-state index contributed by atoms with van der Waals surface area (Å²) in [5.41, 5.74) is 0.894. The van der Waals surface area contributed by atoms with Gasteiger partial charge in [-0.05, 0) is 24.1 Å². The van der Waals surface area contributed by atoms with Crippen molar-refractivity contribution in [3.8, 4) is 0 Å². The lowest BCUT2D eigenvalue weighted by molar-refractivity contribution is -0.148. The molecule has 0 saturated heterocycles. The van der Waals surface area contributed by atoms with Crippen molar-refractivity contribution in [2.45, 2.75) is 38.7 Å². The minimum absolute atomic E-state index is 0.0193. The molecule has 1 N–H and O–H groups in total. The summed E-state index contributed by atoms with van der Waals surface area (Å²) < 4.78 is 81.7. The van der Waals surface area contributed by atoms with Gasteiger partial charge in [0, 0.05) is 43.4 Å². The Bertz CT molecular complexity index is 1290. The van der Waals surface area contributed by atoms with Crippen LogP contribution in [0.5, 0.6) is 0 Å². The van der Waals surface area contributed by atoms with Crippen molar-refractivity contribution in [3.63, 3.8) is 0 Å². The number of hydrogen-bond donors (Lipinski definition) is 1. The highest BCUT2D eigenvalue weighted by atomic mass is 19.4. The molecule has 1 aromatic heterocycles. The first-order valence-corrected chi connectivity index (χ1v) is 11.0. The van der Waals surface area contributed by atoms with Crippen molar-refractivity contribution in [1.82, 2.24) is 25.0 Å². The molecular formula is C24H21F6N5O. The van der Waals surface area contributed by atoms with Gasteiger partial charge in [-0.3, -0.25) is 4.79 Å². The summed E-state index contributed by atoms with van der Waals surface area (Å²) in [4.78, 5) is 14.3. The Labute approximate surface area is 202 Å². The van der Waals surface area contributed by atoms with Crippen LogP contribution >= 0.6 is 0 Å². The molecule has 0 bridgehead atoms. The maximum absolute atomic E-state index is 14.3. The SMILES string of the molecule is C[C@@H](NC(=CC(=O)N1CCn2c(nnc2C(F)(F)F)C1)Cc1cc(F)c(F)cc1F)c1ccccc1. The summed E-state index contributed by atoms with van der Waals surface area (Å²) in [6.07, 6.45) is -3.75. The molecule has 190 valence electrons. The van der Waals surface area contributed by atoms with Gasteiger partial charge in [-0.25, -0.2) is 13.2 Å². The average molecular weight is 509 g/mol. The van der Waals surface area contributed by atoms with E-state index in [0.29, 0.717) is 6.07 Å². The second-order valence-corrected chi connectivity index (χ2v) is 8.33. The highest BCUT2D eigenvalue weighted by Crippen LogP contribution is 2.29. The van der Waals surface area contributed by atoms with Gasteiger partial charge in [-0.1, -0.05) is 30.3 Å². The van der Waals surface area contributed by atoms with Crippen LogP contribution in [0.4, 0.5) is 26.3 Å². The normalized spacial score (nSPS) is 15.0. The molecule has 4 rings (SSSR count). The van der Waals surface area contributed by atoms with Gasteiger partial charge in [-0.2, -0.15) is 13.2 Å².